The van der Waals surface area contributed by atoms with E-state index in [-0.39, 0.29) is 10.6 Å². The fraction of sp³-hybridized carbons (Fsp3) is 0.312. The molecule has 1 heterocycles. The van der Waals surface area contributed by atoms with Crippen LogP contribution in [0, 0.1) is 5.92 Å². The molecule has 0 unspecified atom stereocenters. The number of alkyl halides is 3. The molecule has 5 nitrogen and oxygen atoms in total. The summed E-state index contributed by atoms with van der Waals surface area (Å²) in [4.78, 5) is 16.7. The van der Waals surface area contributed by atoms with Crippen LogP contribution in [-0.4, -0.2) is 22.0 Å². The Kier molecular flexibility index (Phi) is 6.35. The number of halogens is 4. The first-order valence-corrected chi connectivity index (χ1v) is 8.61. The molecule has 10 heteroatoms. The van der Waals surface area contributed by atoms with E-state index in [0.717, 1.165) is 22.7 Å². The van der Waals surface area contributed by atoms with Gasteiger partial charge in [0.25, 0.3) is 0 Å². The van der Waals surface area contributed by atoms with Gasteiger partial charge >= 0.3 is 12.1 Å². The van der Waals surface area contributed by atoms with Gasteiger partial charge in [-0.15, -0.1) is 0 Å². The fourth-order valence-corrected chi connectivity index (χ4v) is 2.88. The molecule has 0 N–H and O–H groups in total. The summed E-state index contributed by atoms with van der Waals surface area (Å²) in [5.41, 5.74) is -1.39. The topological polar surface area (TPSA) is 56.5 Å². The lowest BCUT2D eigenvalue weighted by molar-refractivity contribution is -0.147. The lowest BCUT2D eigenvalue weighted by Gasteiger charge is -2.05. The fourth-order valence-electron chi connectivity index (χ4n) is 1.82. The van der Waals surface area contributed by atoms with E-state index in [1.165, 1.54) is 7.05 Å². The van der Waals surface area contributed by atoms with Gasteiger partial charge in [0.2, 0.25) is 0 Å². The minimum Gasteiger partial charge on any atom is -0.318 e. The Morgan fingerprint density at radius 3 is 2.50 bits per heavy atom. The number of aromatic nitrogens is 2. The van der Waals surface area contributed by atoms with Crippen LogP contribution in [0.5, 0.6) is 0 Å². The van der Waals surface area contributed by atoms with Gasteiger partial charge in [0.05, 0.1) is 17.7 Å². The van der Waals surface area contributed by atoms with Crippen molar-refractivity contribution in [2.45, 2.75) is 29.9 Å². The molecule has 0 aliphatic heterocycles. The van der Waals surface area contributed by atoms with E-state index in [0.29, 0.717) is 9.92 Å². The maximum absolute atomic E-state index is 13.3. The average Bonchev–Trinajstić information content (AvgIpc) is 2.86. The number of aryl methyl sites for hydroxylation is 1. The summed E-state index contributed by atoms with van der Waals surface area (Å²) in [6.07, 6.45) is -3.83. The Bertz CT molecular complexity index is 817. The van der Waals surface area contributed by atoms with Crippen molar-refractivity contribution in [1.29, 1.82) is 0 Å². The first-order valence-electron chi connectivity index (χ1n) is 7.41. The third-order valence-electron chi connectivity index (χ3n) is 3.12. The second-order valence-electron chi connectivity index (χ2n) is 5.54. The van der Waals surface area contributed by atoms with E-state index in [1.54, 1.807) is 38.1 Å². The molecule has 1 aromatic heterocycles. The van der Waals surface area contributed by atoms with Crippen LogP contribution in [0.1, 0.15) is 25.1 Å². The lowest BCUT2D eigenvalue weighted by atomic mass is 10.2. The van der Waals surface area contributed by atoms with Crippen molar-refractivity contribution in [2.24, 2.45) is 18.1 Å². The zero-order valence-corrected chi connectivity index (χ0v) is 15.6. The van der Waals surface area contributed by atoms with Gasteiger partial charge in [0.1, 0.15) is 5.03 Å². The van der Waals surface area contributed by atoms with E-state index in [2.05, 4.69) is 15.1 Å². The van der Waals surface area contributed by atoms with Crippen molar-refractivity contribution in [3.8, 4) is 0 Å². The molecule has 1 aromatic carbocycles. The van der Waals surface area contributed by atoms with Gasteiger partial charge in [-0.25, -0.2) is 4.79 Å². The molecule has 0 fully saturated rings. The van der Waals surface area contributed by atoms with E-state index < -0.39 is 23.8 Å². The molecule has 2 rings (SSSR count). The highest BCUT2D eigenvalue weighted by atomic mass is 35.5. The van der Waals surface area contributed by atoms with Crippen LogP contribution in [-0.2, 0) is 22.9 Å². The number of oxime groups is 1. The molecule has 0 aliphatic carbocycles. The van der Waals surface area contributed by atoms with Gasteiger partial charge in [-0.3, -0.25) is 4.68 Å². The van der Waals surface area contributed by atoms with Crippen LogP contribution in [0.15, 0.2) is 39.3 Å². The number of carbonyl (C=O) groups is 1. The van der Waals surface area contributed by atoms with Crippen molar-refractivity contribution in [3.05, 3.63) is 40.5 Å². The van der Waals surface area contributed by atoms with Gasteiger partial charge in [-0.05, 0) is 24.3 Å². The largest absolute Gasteiger partial charge is 0.435 e. The number of hydrogen-bond acceptors (Lipinski definition) is 5. The highest BCUT2D eigenvalue weighted by molar-refractivity contribution is 7.99. The molecular formula is C16H15ClF3N3O2S. The van der Waals surface area contributed by atoms with E-state index in [4.69, 9.17) is 11.6 Å². The molecule has 2 aromatic rings. The third kappa shape index (κ3) is 5.01. The summed E-state index contributed by atoms with van der Waals surface area (Å²) in [5, 5.41) is 7.66. The normalized spacial score (nSPS) is 12.2. The van der Waals surface area contributed by atoms with Crippen LogP contribution in [0.3, 0.4) is 0 Å². The maximum Gasteiger partial charge on any atom is 0.435 e. The average molecular weight is 406 g/mol. The zero-order valence-electron chi connectivity index (χ0n) is 14.0. The summed E-state index contributed by atoms with van der Waals surface area (Å²) in [5.74, 6) is -1.10. The molecule has 26 heavy (non-hydrogen) atoms. The van der Waals surface area contributed by atoms with Crippen LogP contribution in [0.4, 0.5) is 13.2 Å². The minimum atomic E-state index is -4.68. The molecule has 0 amide bonds. The Labute approximate surface area is 157 Å². The predicted octanol–water partition coefficient (Wildman–Crippen LogP) is 4.78. The highest BCUT2D eigenvalue weighted by Gasteiger charge is 2.38. The van der Waals surface area contributed by atoms with Gasteiger partial charge < -0.3 is 4.84 Å². The number of hydrogen-bond donors (Lipinski definition) is 0. The van der Waals surface area contributed by atoms with E-state index >= 15 is 0 Å². The summed E-state index contributed by atoms with van der Waals surface area (Å²) < 4.78 is 40.9. The lowest BCUT2D eigenvalue weighted by Crippen LogP contribution is -2.10. The molecule has 0 saturated heterocycles. The van der Waals surface area contributed by atoms with Crippen molar-refractivity contribution in [2.75, 3.05) is 0 Å². The highest BCUT2D eigenvalue weighted by Crippen LogP contribution is 2.37. The number of rotatable bonds is 5. The molecule has 0 saturated carbocycles. The monoisotopic (exact) mass is 405 g/mol. The standard InChI is InChI=1S/C16H15ClF3N3O2S/c1-9(2)15(24)25-21-8-12-13(16(18,19)20)22-23(3)14(12)26-11-6-4-10(17)5-7-11/h4-9H,1-3H3/b21-8+. The van der Waals surface area contributed by atoms with Crippen molar-refractivity contribution >= 4 is 35.5 Å². The van der Waals surface area contributed by atoms with E-state index in [1.807, 2.05) is 0 Å². The smallest absolute Gasteiger partial charge is 0.318 e. The third-order valence-corrected chi connectivity index (χ3v) is 4.56. The Morgan fingerprint density at radius 2 is 1.96 bits per heavy atom. The summed E-state index contributed by atoms with van der Waals surface area (Å²) in [7, 11) is 1.39. The zero-order chi connectivity index (χ0) is 19.5. The number of benzene rings is 1. The Hall–Kier alpha value is -2.00. The van der Waals surface area contributed by atoms with Crippen LogP contribution in [0.2, 0.25) is 5.02 Å². The van der Waals surface area contributed by atoms with E-state index in [9.17, 15) is 18.0 Å². The molecule has 0 spiro atoms. The molecule has 0 aliphatic rings. The van der Waals surface area contributed by atoms with Crippen LogP contribution in [0.25, 0.3) is 0 Å². The molecule has 140 valence electrons. The Morgan fingerprint density at radius 1 is 1.35 bits per heavy atom. The van der Waals surface area contributed by atoms with Gasteiger partial charge in [0, 0.05) is 17.0 Å². The van der Waals surface area contributed by atoms with Gasteiger partial charge in [-0.2, -0.15) is 18.3 Å². The van der Waals surface area contributed by atoms with Crippen molar-refractivity contribution in [1.82, 2.24) is 9.78 Å². The number of carbonyl (C=O) groups excluding carboxylic acids is 1. The molecule has 0 bridgehead atoms. The molecule has 0 radical (unpaired) electrons. The minimum absolute atomic E-state index is 0.198. The first kappa shape index (κ1) is 20.3. The maximum atomic E-state index is 13.3. The SMILES string of the molecule is CC(C)C(=O)O/N=C/c1c(C(F)(F)F)nn(C)c1Sc1ccc(Cl)cc1. The quantitative estimate of drug-likeness (QED) is 0.408. The molecule has 0 atom stereocenters. The van der Waals surface area contributed by atoms with Crippen LogP contribution >= 0.6 is 23.4 Å². The second kappa shape index (κ2) is 8.13. The Balaban J connectivity index is 2.40. The number of nitrogens with zero attached hydrogens (tertiary/aromatic N) is 3. The molecular weight excluding hydrogens is 391 g/mol. The van der Waals surface area contributed by atoms with Crippen LogP contribution < -0.4 is 0 Å². The van der Waals surface area contributed by atoms with Crippen molar-refractivity contribution in [3.63, 3.8) is 0 Å². The summed E-state index contributed by atoms with van der Waals surface area (Å²) >= 11 is 6.88. The van der Waals surface area contributed by atoms with Gasteiger partial charge in [0.15, 0.2) is 5.69 Å². The van der Waals surface area contributed by atoms with Gasteiger partial charge in [-0.1, -0.05) is 42.4 Å². The predicted molar refractivity (Wildman–Crippen MR) is 92.3 cm³/mol. The summed E-state index contributed by atoms with van der Waals surface area (Å²) in [6, 6.07) is 6.60. The second-order valence-corrected chi connectivity index (χ2v) is 7.04. The summed E-state index contributed by atoms with van der Waals surface area (Å²) in [6.45, 7) is 3.18. The van der Waals surface area contributed by atoms with Crippen molar-refractivity contribution < 1.29 is 22.8 Å². The first-order chi connectivity index (χ1) is 12.1.